The first-order valence-corrected chi connectivity index (χ1v) is 9.02. The van der Waals surface area contributed by atoms with Crippen LogP contribution in [0.5, 0.6) is 0 Å². The maximum absolute atomic E-state index is 12.6. The van der Waals surface area contributed by atoms with E-state index in [1.54, 1.807) is 0 Å². The number of nitrogens with two attached hydrogens (primary N) is 2. The number of primary amides is 1. The minimum absolute atomic E-state index is 0.0501. The van der Waals surface area contributed by atoms with E-state index in [1.165, 1.54) is 13.8 Å². The second-order valence-electron chi connectivity index (χ2n) is 7.11. The standard InChI is InChI=1S/C17H31N5O6/c1-8(2)7-12(22-14(24)9(3)18)16(26)21-11(5-6-13(19)23)15(25)20-10(4)17(27)28/h8-12H,5-7,18H2,1-4H3,(H2,19,23)(H,20,25)(H,21,26)(H,22,24)(H,27,28). The summed E-state index contributed by atoms with van der Waals surface area (Å²) in [6.45, 7) is 6.43. The fourth-order valence-electron chi connectivity index (χ4n) is 2.21. The van der Waals surface area contributed by atoms with Gasteiger partial charge in [-0.25, -0.2) is 0 Å². The Labute approximate surface area is 164 Å². The zero-order valence-corrected chi connectivity index (χ0v) is 16.7. The maximum Gasteiger partial charge on any atom is 0.325 e. The van der Waals surface area contributed by atoms with Crippen molar-refractivity contribution in [3.8, 4) is 0 Å². The smallest absolute Gasteiger partial charge is 0.325 e. The second-order valence-corrected chi connectivity index (χ2v) is 7.11. The van der Waals surface area contributed by atoms with E-state index in [1.807, 2.05) is 13.8 Å². The zero-order valence-electron chi connectivity index (χ0n) is 16.7. The van der Waals surface area contributed by atoms with Gasteiger partial charge in [0.25, 0.3) is 0 Å². The summed E-state index contributed by atoms with van der Waals surface area (Å²) in [5.41, 5.74) is 10.6. The summed E-state index contributed by atoms with van der Waals surface area (Å²) in [5, 5.41) is 16.1. The molecule has 28 heavy (non-hydrogen) atoms. The van der Waals surface area contributed by atoms with E-state index < -0.39 is 53.8 Å². The van der Waals surface area contributed by atoms with E-state index in [4.69, 9.17) is 16.6 Å². The Morgan fingerprint density at radius 1 is 0.857 bits per heavy atom. The van der Waals surface area contributed by atoms with Crippen molar-refractivity contribution in [2.75, 3.05) is 0 Å². The van der Waals surface area contributed by atoms with Gasteiger partial charge in [-0.15, -0.1) is 0 Å². The summed E-state index contributed by atoms with van der Waals surface area (Å²) in [5.74, 6) is -3.83. The molecule has 0 aromatic heterocycles. The molecule has 0 aromatic rings. The zero-order chi connectivity index (χ0) is 22.0. The molecule has 8 N–H and O–H groups in total. The lowest BCUT2D eigenvalue weighted by atomic mass is 10.0. The molecule has 0 spiro atoms. The Balaban J connectivity index is 5.31. The summed E-state index contributed by atoms with van der Waals surface area (Å²) in [6, 6.07) is -4.15. The lowest BCUT2D eigenvalue weighted by molar-refractivity contribution is -0.142. The first-order chi connectivity index (χ1) is 12.8. The Hall–Kier alpha value is -2.69. The van der Waals surface area contributed by atoms with Crippen LogP contribution < -0.4 is 27.4 Å². The predicted octanol–water partition coefficient (Wildman–Crippen LogP) is -1.80. The van der Waals surface area contributed by atoms with Gasteiger partial charge in [-0.2, -0.15) is 0 Å². The number of amides is 4. The number of carbonyl (C=O) groups is 5. The Morgan fingerprint density at radius 2 is 1.36 bits per heavy atom. The highest BCUT2D eigenvalue weighted by molar-refractivity contribution is 5.94. The van der Waals surface area contributed by atoms with E-state index in [2.05, 4.69) is 16.0 Å². The number of rotatable bonds is 12. The SMILES string of the molecule is CC(C)CC(NC(=O)C(C)N)C(=O)NC(CCC(N)=O)C(=O)NC(C)C(=O)O. The highest BCUT2D eigenvalue weighted by Gasteiger charge is 2.29. The van der Waals surface area contributed by atoms with Gasteiger partial charge in [0.1, 0.15) is 18.1 Å². The molecule has 0 aliphatic heterocycles. The average molecular weight is 401 g/mol. The van der Waals surface area contributed by atoms with Crippen LogP contribution in [0.2, 0.25) is 0 Å². The van der Waals surface area contributed by atoms with Crippen LogP contribution >= 0.6 is 0 Å². The van der Waals surface area contributed by atoms with Crippen LogP contribution in [0, 0.1) is 5.92 Å². The fourth-order valence-corrected chi connectivity index (χ4v) is 2.21. The molecule has 0 radical (unpaired) electrons. The molecule has 0 aliphatic carbocycles. The summed E-state index contributed by atoms with van der Waals surface area (Å²) >= 11 is 0. The Kier molecular flexibility index (Phi) is 10.8. The molecule has 4 amide bonds. The molecule has 4 atom stereocenters. The third kappa shape index (κ3) is 9.86. The normalized spacial score (nSPS) is 15.1. The molecule has 160 valence electrons. The van der Waals surface area contributed by atoms with E-state index in [0.717, 1.165) is 0 Å². The molecule has 0 rings (SSSR count). The summed E-state index contributed by atoms with van der Waals surface area (Å²) < 4.78 is 0. The largest absolute Gasteiger partial charge is 0.480 e. The van der Waals surface area contributed by atoms with Gasteiger partial charge < -0.3 is 32.5 Å². The Bertz CT molecular complexity index is 593. The van der Waals surface area contributed by atoms with Crippen molar-refractivity contribution in [3.63, 3.8) is 0 Å². The average Bonchev–Trinajstić information content (AvgIpc) is 2.56. The van der Waals surface area contributed by atoms with Crippen molar-refractivity contribution < 1.29 is 29.1 Å². The predicted molar refractivity (Wildman–Crippen MR) is 101 cm³/mol. The van der Waals surface area contributed by atoms with Crippen molar-refractivity contribution in [2.45, 2.75) is 71.1 Å². The molecular formula is C17H31N5O6. The van der Waals surface area contributed by atoms with Crippen molar-refractivity contribution in [1.29, 1.82) is 0 Å². The van der Waals surface area contributed by atoms with Gasteiger partial charge in [0.05, 0.1) is 6.04 Å². The number of carboxylic acid groups (broad SMARTS) is 1. The number of carboxylic acids is 1. The summed E-state index contributed by atoms with van der Waals surface area (Å²) in [6.07, 6.45) is -0.0181. The van der Waals surface area contributed by atoms with Gasteiger partial charge in [0.15, 0.2) is 0 Å². The fraction of sp³-hybridized carbons (Fsp3) is 0.706. The molecule has 0 fully saturated rings. The highest BCUT2D eigenvalue weighted by Crippen LogP contribution is 2.07. The first-order valence-electron chi connectivity index (χ1n) is 9.02. The van der Waals surface area contributed by atoms with Crippen LogP contribution in [0.1, 0.15) is 47.0 Å². The molecule has 0 saturated heterocycles. The van der Waals surface area contributed by atoms with Crippen LogP contribution in [0.15, 0.2) is 0 Å². The van der Waals surface area contributed by atoms with E-state index in [-0.39, 0.29) is 18.8 Å². The molecule has 11 nitrogen and oxygen atoms in total. The van der Waals surface area contributed by atoms with E-state index in [9.17, 15) is 24.0 Å². The summed E-state index contributed by atoms with van der Waals surface area (Å²) in [7, 11) is 0. The highest BCUT2D eigenvalue weighted by atomic mass is 16.4. The minimum Gasteiger partial charge on any atom is -0.480 e. The molecule has 0 heterocycles. The van der Waals surface area contributed by atoms with Crippen molar-refractivity contribution in [3.05, 3.63) is 0 Å². The maximum atomic E-state index is 12.6. The van der Waals surface area contributed by atoms with Crippen LogP contribution in [-0.2, 0) is 24.0 Å². The number of nitrogens with one attached hydrogen (secondary N) is 3. The molecular weight excluding hydrogens is 370 g/mol. The second kappa shape index (κ2) is 11.9. The molecule has 0 saturated carbocycles. The lowest BCUT2D eigenvalue weighted by Gasteiger charge is -2.25. The molecule has 11 heteroatoms. The quantitative estimate of drug-likeness (QED) is 0.222. The monoisotopic (exact) mass is 401 g/mol. The van der Waals surface area contributed by atoms with E-state index >= 15 is 0 Å². The Morgan fingerprint density at radius 3 is 1.79 bits per heavy atom. The molecule has 0 aromatic carbocycles. The molecule has 0 bridgehead atoms. The van der Waals surface area contributed by atoms with Crippen LogP contribution in [0.4, 0.5) is 0 Å². The topological polar surface area (TPSA) is 194 Å². The van der Waals surface area contributed by atoms with E-state index in [0.29, 0.717) is 6.42 Å². The number of carbonyl (C=O) groups excluding carboxylic acids is 4. The van der Waals surface area contributed by atoms with Gasteiger partial charge >= 0.3 is 5.97 Å². The lowest BCUT2D eigenvalue weighted by Crippen LogP contribution is -2.57. The van der Waals surface area contributed by atoms with Gasteiger partial charge in [-0.1, -0.05) is 13.8 Å². The van der Waals surface area contributed by atoms with Crippen LogP contribution in [0.25, 0.3) is 0 Å². The van der Waals surface area contributed by atoms with Gasteiger partial charge in [0, 0.05) is 6.42 Å². The van der Waals surface area contributed by atoms with Crippen molar-refractivity contribution >= 4 is 29.6 Å². The summed E-state index contributed by atoms with van der Waals surface area (Å²) in [4.78, 5) is 58.8. The van der Waals surface area contributed by atoms with Crippen LogP contribution in [0.3, 0.4) is 0 Å². The third-order valence-electron chi connectivity index (χ3n) is 3.80. The number of aliphatic carboxylic acids is 1. The molecule has 0 aliphatic rings. The molecule has 4 unspecified atom stereocenters. The first kappa shape index (κ1) is 25.3. The van der Waals surface area contributed by atoms with Crippen molar-refractivity contribution in [1.82, 2.24) is 16.0 Å². The van der Waals surface area contributed by atoms with Crippen LogP contribution in [-0.4, -0.2) is 58.9 Å². The van der Waals surface area contributed by atoms with Gasteiger partial charge in [-0.05, 0) is 32.6 Å². The third-order valence-corrected chi connectivity index (χ3v) is 3.80. The minimum atomic E-state index is -1.25. The van der Waals surface area contributed by atoms with Gasteiger partial charge in [0.2, 0.25) is 23.6 Å². The number of hydrogen-bond acceptors (Lipinski definition) is 6. The number of hydrogen-bond donors (Lipinski definition) is 6. The van der Waals surface area contributed by atoms with Crippen molar-refractivity contribution in [2.24, 2.45) is 17.4 Å². The van der Waals surface area contributed by atoms with Gasteiger partial charge in [-0.3, -0.25) is 24.0 Å².